The summed E-state index contributed by atoms with van der Waals surface area (Å²) in [5.74, 6) is -0.328. The van der Waals surface area contributed by atoms with Crippen LogP contribution in [0.15, 0.2) is 23.0 Å². The molecular formula is C10H15NO3. The predicted molar refractivity (Wildman–Crippen MR) is 51.4 cm³/mol. The van der Waals surface area contributed by atoms with Gasteiger partial charge in [-0.2, -0.15) is 0 Å². The first-order chi connectivity index (χ1) is 6.50. The Hall–Kier alpha value is -1.29. The van der Waals surface area contributed by atoms with E-state index in [2.05, 4.69) is 4.74 Å². The zero-order valence-corrected chi connectivity index (χ0v) is 8.61. The van der Waals surface area contributed by atoms with Crippen LogP contribution in [0.5, 0.6) is 0 Å². The molecule has 4 heteroatoms. The van der Waals surface area contributed by atoms with E-state index in [0.29, 0.717) is 0 Å². The minimum absolute atomic E-state index is 0.328. The number of esters is 1. The number of hydrogen-bond acceptors (Lipinski definition) is 4. The molecule has 2 N–H and O–H groups in total. The summed E-state index contributed by atoms with van der Waals surface area (Å²) in [7, 11) is 1.35. The van der Waals surface area contributed by atoms with E-state index in [1.54, 1.807) is 19.9 Å². The van der Waals surface area contributed by atoms with Crippen LogP contribution < -0.4 is 5.73 Å². The third kappa shape index (κ3) is 1.80. The Bertz CT molecular complexity index is 303. The van der Waals surface area contributed by atoms with Crippen molar-refractivity contribution < 1.29 is 13.9 Å². The molecule has 0 saturated carbocycles. The summed E-state index contributed by atoms with van der Waals surface area (Å²) < 4.78 is 9.60. The van der Waals surface area contributed by atoms with Crippen LogP contribution in [0.3, 0.4) is 0 Å². The first kappa shape index (κ1) is 10.8. The van der Waals surface area contributed by atoms with E-state index < -0.39 is 11.5 Å². The molecule has 1 atom stereocenters. The maximum Gasteiger partial charge on any atom is 0.313 e. The van der Waals surface area contributed by atoms with Gasteiger partial charge in [0.05, 0.1) is 25.1 Å². The Morgan fingerprint density at radius 3 is 2.71 bits per heavy atom. The average molecular weight is 197 g/mol. The fourth-order valence-electron chi connectivity index (χ4n) is 1.26. The minimum atomic E-state index is -0.751. The van der Waals surface area contributed by atoms with Crippen molar-refractivity contribution >= 4 is 5.97 Å². The van der Waals surface area contributed by atoms with E-state index in [9.17, 15) is 4.79 Å². The van der Waals surface area contributed by atoms with E-state index >= 15 is 0 Å². The predicted octanol–water partition coefficient (Wildman–Crippen LogP) is 1.48. The van der Waals surface area contributed by atoms with Gasteiger partial charge in [0.1, 0.15) is 0 Å². The molecular weight excluding hydrogens is 182 g/mol. The number of nitrogens with two attached hydrogens (primary N) is 1. The second-order valence-electron chi connectivity index (χ2n) is 3.75. The quantitative estimate of drug-likeness (QED) is 0.745. The lowest BCUT2D eigenvalue weighted by atomic mass is 9.82. The average Bonchev–Trinajstić information content (AvgIpc) is 2.67. The number of furan rings is 1. The normalized spacial score (nSPS) is 13.7. The van der Waals surface area contributed by atoms with Gasteiger partial charge in [-0.3, -0.25) is 4.79 Å². The van der Waals surface area contributed by atoms with Crippen LogP contribution >= 0.6 is 0 Å². The molecule has 0 aliphatic rings. The molecule has 1 heterocycles. The van der Waals surface area contributed by atoms with Crippen LogP contribution in [-0.4, -0.2) is 13.1 Å². The molecule has 0 amide bonds. The molecule has 0 radical (unpaired) electrons. The summed E-state index contributed by atoms with van der Waals surface area (Å²) in [6.45, 7) is 3.49. The summed E-state index contributed by atoms with van der Waals surface area (Å²) >= 11 is 0. The van der Waals surface area contributed by atoms with Crippen LogP contribution in [0.25, 0.3) is 0 Å². The Labute approximate surface area is 83.0 Å². The molecule has 0 bridgehead atoms. The van der Waals surface area contributed by atoms with E-state index in [4.69, 9.17) is 10.2 Å². The molecule has 4 nitrogen and oxygen atoms in total. The zero-order valence-electron chi connectivity index (χ0n) is 8.61. The standard InChI is InChI=1S/C10H15NO3/c1-10(2,9(12)13-3)8(11)7-4-5-14-6-7/h4-6,8H,11H2,1-3H3/t8-/m1/s1. The molecule has 78 valence electrons. The van der Waals surface area contributed by atoms with Crippen molar-refractivity contribution in [1.29, 1.82) is 0 Å². The van der Waals surface area contributed by atoms with Gasteiger partial charge in [-0.05, 0) is 19.9 Å². The SMILES string of the molecule is COC(=O)C(C)(C)[C@H](N)c1ccoc1. The highest BCUT2D eigenvalue weighted by atomic mass is 16.5. The van der Waals surface area contributed by atoms with Crippen LogP contribution in [0, 0.1) is 5.41 Å². The monoisotopic (exact) mass is 197 g/mol. The Kier molecular flexibility index (Phi) is 2.96. The fourth-order valence-corrected chi connectivity index (χ4v) is 1.26. The van der Waals surface area contributed by atoms with Crippen LogP contribution in [0.1, 0.15) is 25.5 Å². The molecule has 0 unspecified atom stereocenters. The van der Waals surface area contributed by atoms with Gasteiger partial charge >= 0.3 is 5.97 Å². The van der Waals surface area contributed by atoms with Crippen LogP contribution in [0.2, 0.25) is 0 Å². The van der Waals surface area contributed by atoms with Gasteiger partial charge in [-0.15, -0.1) is 0 Å². The van der Waals surface area contributed by atoms with E-state index in [-0.39, 0.29) is 5.97 Å². The summed E-state index contributed by atoms with van der Waals surface area (Å²) in [5.41, 5.74) is 5.97. The second kappa shape index (κ2) is 3.84. The lowest BCUT2D eigenvalue weighted by Gasteiger charge is -2.27. The summed E-state index contributed by atoms with van der Waals surface area (Å²) in [5, 5.41) is 0. The fraction of sp³-hybridized carbons (Fsp3) is 0.500. The van der Waals surface area contributed by atoms with Crippen molar-refractivity contribution in [2.24, 2.45) is 11.1 Å². The number of carbonyl (C=O) groups excluding carboxylic acids is 1. The van der Waals surface area contributed by atoms with Crippen LogP contribution in [-0.2, 0) is 9.53 Å². The molecule has 0 spiro atoms. The summed E-state index contributed by atoms with van der Waals surface area (Å²) in [6, 6.07) is 1.32. The maximum absolute atomic E-state index is 11.4. The van der Waals surface area contributed by atoms with E-state index in [1.165, 1.54) is 19.6 Å². The number of hydrogen-bond donors (Lipinski definition) is 1. The molecule has 0 aromatic carbocycles. The molecule has 1 aromatic heterocycles. The highest BCUT2D eigenvalue weighted by Gasteiger charge is 2.36. The summed E-state index contributed by atoms with van der Waals surface area (Å²) in [4.78, 5) is 11.4. The van der Waals surface area contributed by atoms with Crippen molar-refractivity contribution in [2.75, 3.05) is 7.11 Å². The number of methoxy groups -OCH3 is 1. The largest absolute Gasteiger partial charge is 0.472 e. The van der Waals surface area contributed by atoms with Crippen molar-refractivity contribution in [2.45, 2.75) is 19.9 Å². The van der Waals surface area contributed by atoms with E-state index in [1.807, 2.05) is 0 Å². The lowest BCUT2D eigenvalue weighted by molar-refractivity contribution is -0.152. The first-order valence-corrected chi connectivity index (χ1v) is 4.36. The van der Waals surface area contributed by atoms with Gasteiger partial charge in [-0.25, -0.2) is 0 Å². The van der Waals surface area contributed by atoms with Gasteiger partial charge in [-0.1, -0.05) is 0 Å². The van der Waals surface area contributed by atoms with Crippen molar-refractivity contribution in [3.05, 3.63) is 24.2 Å². The highest BCUT2D eigenvalue weighted by Crippen LogP contribution is 2.32. The van der Waals surface area contributed by atoms with Gasteiger partial charge < -0.3 is 14.9 Å². The third-order valence-electron chi connectivity index (χ3n) is 2.39. The van der Waals surface area contributed by atoms with Gasteiger partial charge in [0.25, 0.3) is 0 Å². The first-order valence-electron chi connectivity index (χ1n) is 4.36. The minimum Gasteiger partial charge on any atom is -0.472 e. The maximum atomic E-state index is 11.4. The molecule has 0 aliphatic carbocycles. The third-order valence-corrected chi connectivity index (χ3v) is 2.39. The number of ether oxygens (including phenoxy) is 1. The van der Waals surface area contributed by atoms with Gasteiger partial charge in [0.2, 0.25) is 0 Å². The van der Waals surface area contributed by atoms with Crippen molar-refractivity contribution in [1.82, 2.24) is 0 Å². The second-order valence-corrected chi connectivity index (χ2v) is 3.75. The summed E-state index contributed by atoms with van der Waals surface area (Å²) in [6.07, 6.45) is 3.07. The highest BCUT2D eigenvalue weighted by molar-refractivity contribution is 5.77. The molecule has 1 aromatic rings. The smallest absolute Gasteiger partial charge is 0.313 e. The molecule has 0 fully saturated rings. The Morgan fingerprint density at radius 1 is 1.64 bits per heavy atom. The van der Waals surface area contributed by atoms with Gasteiger partial charge in [0, 0.05) is 11.6 Å². The molecule has 1 rings (SSSR count). The molecule has 0 aliphatic heterocycles. The molecule has 14 heavy (non-hydrogen) atoms. The zero-order chi connectivity index (χ0) is 10.8. The molecule has 0 saturated heterocycles. The Morgan fingerprint density at radius 2 is 2.29 bits per heavy atom. The van der Waals surface area contributed by atoms with Crippen molar-refractivity contribution in [3.63, 3.8) is 0 Å². The number of rotatable bonds is 3. The van der Waals surface area contributed by atoms with Gasteiger partial charge in [0.15, 0.2) is 0 Å². The Balaban J connectivity index is 2.88. The van der Waals surface area contributed by atoms with E-state index in [0.717, 1.165) is 5.56 Å². The lowest BCUT2D eigenvalue weighted by Crippen LogP contribution is -2.37. The number of carbonyl (C=O) groups is 1. The topological polar surface area (TPSA) is 65.5 Å². The van der Waals surface area contributed by atoms with Crippen LogP contribution in [0.4, 0.5) is 0 Å². The van der Waals surface area contributed by atoms with Crippen molar-refractivity contribution in [3.8, 4) is 0 Å².